The summed E-state index contributed by atoms with van der Waals surface area (Å²) in [5.74, 6) is -0.540. The number of fused-ring (bicyclic) bond motifs is 1. The second kappa shape index (κ2) is 10.0. The van der Waals surface area contributed by atoms with Crippen LogP contribution in [0.3, 0.4) is 0 Å². The van der Waals surface area contributed by atoms with E-state index >= 15 is 0 Å². The third-order valence-electron chi connectivity index (χ3n) is 9.35. The average molecular weight is 510 g/mol. The van der Waals surface area contributed by atoms with E-state index < -0.39 is 17.7 Å². The Morgan fingerprint density at radius 3 is 2.32 bits per heavy atom. The molecular formula is C28H39N5O4. The maximum absolute atomic E-state index is 13.9. The molecule has 2 amide bonds. The molecule has 0 spiro atoms. The Bertz CT molecular complexity index is 1030. The highest BCUT2D eigenvalue weighted by Gasteiger charge is 2.55. The summed E-state index contributed by atoms with van der Waals surface area (Å²) in [4.78, 5) is 46.4. The van der Waals surface area contributed by atoms with Gasteiger partial charge in [-0.15, -0.1) is 0 Å². The molecule has 1 aromatic carbocycles. The van der Waals surface area contributed by atoms with Crippen LogP contribution in [-0.4, -0.2) is 96.5 Å². The number of hydrogen-bond donors (Lipinski definition) is 2. The molecule has 2 saturated carbocycles. The van der Waals surface area contributed by atoms with E-state index in [-0.39, 0.29) is 36.8 Å². The van der Waals surface area contributed by atoms with E-state index in [0.29, 0.717) is 18.4 Å². The minimum atomic E-state index is -1.01. The number of carbonyl (C=O) groups is 3. The van der Waals surface area contributed by atoms with E-state index in [1.165, 1.54) is 19.3 Å². The molecule has 200 valence electrons. The zero-order valence-electron chi connectivity index (χ0n) is 21.6. The van der Waals surface area contributed by atoms with Crippen LogP contribution in [0.2, 0.25) is 0 Å². The number of benzene rings is 1. The second-order valence-corrected chi connectivity index (χ2v) is 11.6. The van der Waals surface area contributed by atoms with Crippen molar-refractivity contribution in [1.29, 1.82) is 0 Å². The fourth-order valence-corrected chi connectivity index (χ4v) is 6.93. The van der Waals surface area contributed by atoms with Crippen molar-refractivity contribution in [2.24, 2.45) is 5.73 Å². The summed E-state index contributed by atoms with van der Waals surface area (Å²) in [5, 5.41) is 3.12. The Morgan fingerprint density at radius 1 is 0.973 bits per heavy atom. The third-order valence-corrected chi connectivity index (χ3v) is 9.35. The second-order valence-electron chi connectivity index (χ2n) is 11.6. The summed E-state index contributed by atoms with van der Waals surface area (Å²) in [5.41, 5.74) is 6.88. The minimum Gasteiger partial charge on any atom is -0.369 e. The first-order chi connectivity index (χ1) is 17.9. The number of nitrogens with zero attached hydrogens (tertiary/aromatic N) is 3. The summed E-state index contributed by atoms with van der Waals surface area (Å²) in [6.45, 7) is 4.46. The van der Waals surface area contributed by atoms with Crippen molar-refractivity contribution in [3.63, 3.8) is 0 Å². The predicted octanol–water partition coefficient (Wildman–Crippen LogP) is 1.30. The van der Waals surface area contributed by atoms with Crippen molar-refractivity contribution >= 4 is 23.3 Å². The Balaban J connectivity index is 1.13. The van der Waals surface area contributed by atoms with Crippen LogP contribution in [0.1, 0.15) is 61.7 Å². The van der Waals surface area contributed by atoms with Gasteiger partial charge in [0.25, 0.3) is 5.91 Å². The highest BCUT2D eigenvalue weighted by molar-refractivity contribution is 6.01. The van der Waals surface area contributed by atoms with E-state index in [1.54, 1.807) is 4.90 Å². The first-order valence-electron chi connectivity index (χ1n) is 14.1. The van der Waals surface area contributed by atoms with Crippen molar-refractivity contribution in [1.82, 2.24) is 15.1 Å². The molecule has 0 unspecified atom stereocenters. The van der Waals surface area contributed by atoms with Crippen LogP contribution in [0.15, 0.2) is 24.3 Å². The maximum Gasteiger partial charge on any atom is 0.252 e. The fourth-order valence-electron chi connectivity index (χ4n) is 6.93. The molecule has 0 radical (unpaired) electrons. The topological polar surface area (TPSA) is 108 Å². The van der Waals surface area contributed by atoms with Gasteiger partial charge in [0.2, 0.25) is 5.91 Å². The summed E-state index contributed by atoms with van der Waals surface area (Å²) in [7, 11) is 0. The smallest absolute Gasteiger partial charge is 0.252 e. The molecule has 0 aromatic heterocycles. The summed E-state index contributed by atoms with van der Waals surface area (Å²) < 4.78 is 5.58. The largest absolute Gasteiger partial charge is 0.369 e. The monoisotopic (exact) mass is 509 g/mol. The van der Waals surface area contributed by atoms with Crippen LogP contribution in [0, 0.1) is 0 Å². The molecule has 3 saturated heterocycles. The van der Waals surface area contributed by atoms with Crippen LogP contribution < -0.4 is 16.0 Å². The molecule has 5 fully saturated rings. The first-order valence-corrected chi connectivity index (χ1v) is 14.1. The number of carbonyl (C=O) groups excluding carboxylic acids is 3. The quantitative estimate of drug-likeness (QED) is 0.616. The van der Waals surface area contributed by atoms with Crippen molar-refractivity contribution < 1.29 is 19.1 Å². The van der Waals surface area contributed by atoms with Gasteiger partial charge in [0, 0.05) is 50.0 Å². The van der Waals surface area contributed by atoms with Crippen molar-refractivity contribution in [3.05, 3.63) is 29.8 Å². The molecular weight excluding hydrogens is 470 g/mol. The molecule has 0 bridgehead atoms. The van der Waals surface area contributed by atoms with E-state index in [2.05, 4.69) is 15.1 Å². The van der Waals surface area contributed by atoms with E-state index in [4.69, 9.17) is 10.5 Å². The number of rotatable bonds is 5. The van der Waals surface area contributed by atoms with Crippen molar-refractivity contribution in [2.75, 3.05) is 44.2 Å². The molecule has 9 heteroatoms. The summed E-state index contributed by atoms with van der Waals surface area (Å²) >= 11 is 0. The number of amides is 2. The Hall–Kier alpha value is -2.49. The molecule has 37 heavy (non-hydrogen) atoms. The number of hydrogen-bond acceptors (Lipinski definition) is 7. The lowest BCUT2D eigenvalue weighted by molar-refractivity contribution is -0.143. The van der Waals surface area contributed by atoms with Gasteiger partial charge in [-0.05, 0) is 49.9 Å². The zero-order valence-corrected chi connectivity index (χ0v) is 21.6. The van der Waals surface area contributed by atoms with Crippen molar-refractivity contribution in [3.8, 4) is 0 Å². The van der Waals surface area contributed by atoms with Gasteiger partial charge >= 0.3 is 0 Å². The normalized spacial score (nSPS) is 30.2. The van der Waals surface area contributed by atoms with Gasteiger partial charge in [-0.3, -0.25) is 19.3 Å². The van der Waals surface area contributed by atoms with E-state index in [1.807, 2.05) is 24.3 Å². The standard InChI is InChI=1S/C28H39N5O4/c29-22-17-33(24-23(34)18-37-25(22)24)27(36)28(11-2-1-3-12-28)30-26(35)19-7-9-21(10-8-19)32-15-13-31(14-16-32)20-5-4-6-20/h7-10,20,22,24-25H,1-6,11-18,29H2,(H,30,35)/t22-,24-,25-/m1/s1. The van der Waals surface area contributed by atoms with Crippen LogP contribution in [-0.2, 0) is 14.3 Å². The van der Waals surface area contributed by atoms with Gasteiger partial charge in [-0.2, -0.15) is 0 Å². The molecule has 3 aliphatic heterocycles. The van der Waals surface area contributed by atoms with Crippen LogP contribution >= 0.6 is 0 Å². The van der Waals surface area contributed by atoms with E-state index in [9.17, 15) is 14.4 Å². The Kier molecular flexibility index (Phi) is 6.71. The van der Waals surface area contributed by atoms with Gasteiger partial charge in [0.05, 0.1) is 6.04 Å². The van der Waals surface area contributed by atoms with Gasteiger partial charge in [0.15, 0.2) is 5.78 Å². The van der Waals surface area contributed by atoms with Crippen LogP contribution in [0.5, 0.6) is 0 Å². The van der Waals surface area contributed by atoms with Gasteiger partial charge in [0.1, 0.15) is 24.3 Å². The summed E-state index contributed by atoms with van der Waals surface area (Å²) in [6, 6.07) is 7.51. The number of ether oxygens (including phenoxy) is 1. The number of nitrogens with two attached hydrogens (primary N) is 1. The molecule has 1 aromatic rings. The number of Topliss-reactive ketones (excluding diaryl/α,β-unsaturated/α-hetero) is 1. The summed E-state index contributed by atoms with van der Waals surface area (Å²) in [6.07, 6.45) is 7.47. The zero-order chi connectivity index (χ0) is 25.6. The predicted molar refractivity (Wildman–Crippen MR) is 139 cm³/mol. The first kappa shape index (κ1) is 24.8. The van der Waals surface area contributed by atoms with Crippen LogP contribution in [0.25, 0.3) is 0 Å². The minimum absolute atomic E-state index is 0.00580. The lowest BCUT2D eigenvalue weighted by Gasteiger charge is -2.43. The molecule has 2 aliphatic carbocycles. The fraction of sp³-hybridized carbons (Fsp3) is 0.679. The number of ketones is 1. The number of anilines is 1. The Morgan fingerprint density at radius 2 is 1.68 bits per heavy atom. The SMILES string of the molecule is N[C@@H]1CN(C(=O)C2(NC(=O)c3ccc(N4CCN(C5CCC5)CC4)cc3)CCCCC2)[C@@H]2C(=O)CO[C@H]12. The lowest BCUT2D eigenvalue weighted by Crippen LogP contribution is -2.62. The van der Waals surface area contributed by atoms with Crippen LogP contribution in [0.4, 0.5) is 5.69 Å². The number of nitrogens with one attached hydrogen (secondary N) is 1. The lowest BCUT2D eigenvalue weighted by atomic mass is 9.80. The molecule has 3 heterocycles. The van der Waals surface area contributed by atoms with Crippen molar-refractivity contribution in [2.45, 2.75) is 81.1 Å². The average Bonchev–Trinajstić information content (AvgIpc) is 3.44. The molecule has 9 nitrogen and oxygen atoms in total. The molecule has 3 atom stereocenters. The van der Waals surface area contributed by atoms with Gasteiger partial charge in [-0.1, -0.05) is 25.7 Å². The maximum atomic E-state index is 13.9. The van der Waals surface area contributed by atoms with Gasteiger partial charge in [-0.25, -0.2) is 0 Å². The molecule has 3 N–H and O–H groups in total. The third kappa shape index (κ3) is 4.55. The van der Waals surface area contributed by atoms with E-state index in [0.717, 1.165) is 57.2 Å². The molecule has 5 aliphatic rings. The highest BCUT2D eigenvalue weighted by atomic mass is 16.5. The van der Waals surface area contributed by atoms with Gasteiger partial charge < -0.3 is 25.6 Å². The Labute approximate surface area is 218 Å². The number of likely N-dealkylation sites (tertiary alicyclic amines) is 1. The number of piperazine rings is 1. The highest BCUT2D eigenvalue weighted by Crippen LogP contribution is 2.35. The molecule has 6 rings (SSSR count).